The van der Waals surface area contributed by atoms with Gasteiger partial charge in [0.25, 0.3) is 0 Å². The van der Waals surface area contributed by atoms with Crippen LogP contribution in [-0.4, -0.2) is 22.9 Å². The van der Waals surface area contributed by atoms with Crippen LogP contribution in [0.25, 0.3) is 0 Å². The second kappa shape index (κ2) is 3.73. The van der Waals surface area contributed by atoms with Gasteiger partial charge in [-0.2, -0.15) is 0 Å². The van der Waals surface area contributed by atoms with E-state index in [9.17, 15) is 4.79 Å². The Hall–Kier alpha value is -1.84. The average Bonchev–Trinajstić information content (AvgIpc) is 2.61. The highest BCUT2D eigenvalue weighted by molar-refractivity contribution is 6.12. The fourth-order valence-electron chi connectivity index (χ4n) is 1.64. The molecule has 0 spiro atoms. The molecule has 0 fully saturated rings. The minimum atomic E-state index is -0.900. The van der Waals surface area contributed by atoms with Crippen molar-refractivity contribution in [2.24, 2.45) is 11.1 Å². The molecule has 78 valence electrons. The van der Waals surface area contributed by atoms with E-state index in [1.807, 2.05) is 30.3 Å². The molecule has 1 N–H and O–H groups in total. The highest BCUT2D eigenvalue weighted by atomic mass is 16.6. The van der Waals surface area contributed by atoms with Crippen molar-refractivity contribution in [2.75, 3.05) is 0 Å². The standard InChI is InChI=1S/C11H11NO3/c1-7-9(11(13)14)10(12-15-7)8-5-3-2-4-6-8/h2-7,9H,1H3,(H,13,14). The quantitative estimate of drug-likeness (QED) is 0.796. The Bertz CT molecular complexity index is 400. The predicted molar refractivity (Wildman–Crippen MR) is 54.7 cm³/mol. The van der Waals surface area contributed by atoms with Crippen LogP contribution in [-0.2, 0) is 9.63 Å². The van der Waals surface area contributed by atoms with E-state index in [4.69, 9.17) is 9.94 Å². The van der Waals surface area contributed by atoms with Gasteiger partial charge in [0.15, 0.2) is 0 Å². The molecule has 4 nitrogen and oxygen atoms in total. The summed E-state index contributed by atoms with van der Waals surface area (Å²) in [6.45, 7) is 1.71. The van der Waals surface area contributed by atoms with Gasteiger partial charge in [0, 0.05) is 5.56 Å². The summed E-state index contributed by atoms with van der Waals surface area (Å²) in [7, 11) is 0. The molecule has 1 aromatic rings. The van der Waals surface area contributed by atoms with Crippen molar-refractivity contribution >= 4 is 11.7 Å². The molecule has 0 aliphatic carbocycles. The summed E-state index contributed by atoms with van der Waals surface area (Å²) < 4.78 is 0. The van der Waals surface area contributed by atoms with Crippen molar-refractivity contribution in [1.29, 1.82) is 0 Å². The first kappa shape index (κ1) is 9.71. The normalized spacial score (nSPS) is 24.5. The van der Waals surface area contributed by atoms with E-state index in [2.05, 4.69) is 5.16 Å². The van der Waals surface area contributed by atoms with Crippen molar-refractivity contribution in [2.45, 2.75) is 13.0 Å². The Kier molecular flexibility index (Phi) is 2.41. The molecule has 1 aromatic carbocycles. The topological polar surface area (TPSA) is 58.9 Å². The van der Waals surface area contributed by atoms with E-state index in [1.165, 1.54) is 0 Å². The highest BCUT2D eigenvalue weighted by Crippen LogP contribution is 2.23. The lowest BCUT2D eigenvalue weighted by Gasteiger charge is -2.09. The third kappa shape index (κ3) is 1.70. The van der Waals surface area contributed by atoms with Crippen LogP contribution in [0.1, 0.15) is 12.5 Å². The summed E-state index contributed by atoms with van der Waals surface area (Å²) >= 11 is 0. The van der Waals surface area contributed by atoms with Crippen LogP contribution < -0.4 is 0 Å². The molecule has 0 saturated heterocycles. The maximum Gasteiger partial charge on any atom is 0.316 e. The number of benzene rings is 1. The molecule has 0 radical (unpaired) electrons. The molecule has 0 saturated carbocycles. The van der Waals surface area contributed by atoms with E-state index in [1.54, 1.807) is 6.92 Å². The summed E-state index contributed by atoms with van der Waals surface area (Å²) in [5.41, 5.74) is 1.30. The largest absolute Gasteiger partial charge is 0.481 e. The molecule has 2 atom stereocenters. The number of carboxylic acid groups (broad SMARTS) is 1. The predicted octanol–water partition coefficient (Wildman–Crippen LogP) is 1.51. The Morgan fingerprint density at radius 1 is 1.40 bits per heavy atom. The smallest absolute Gasteiger partial charge is 0.316 e. The number of carboxylic acids is 1. The van der Waals surface area contributed by atoms with Crippen LogP contribution in [0, 0.1) is 5.92 Å². The molecular formula is C11H11NO3. The monoisotopic (exact) mass is 205 g/mol. The molecule has 2 unspecified atom stereocenters. The van der Waals surface area contributed by atoms with Crippen LogP contribution in [0.4, 0.5) is 0 Å². The average molecular weight is 205 g/mol. The van der Waals surface area contributed by atoms with E-state index >= 15 is 0 Å². The number of rotatable bonds is 2. The van der Waals surface area contributed by atoms with Crippen LogP contribution >= 0.6 is 0 Å². The maximum absolute atomic E-state index is 11.0. The zero-order valence-corrected chi connectivity index (χ0v) is 8.25. The maximum atomic E-state index is 11.0. The van der Waals surface area contributed by atoms with E-state index in [-0.39, 0.29) is 0 Å². The first-order valence-electron chi connectivity index (χ1n) is 4.72. The Labute approximate surface area is 87.2 Å². The number of hydrogen-bond acceptors (Lipinski definition) is 3. The van der Waals surface area contributed by atoms with E-state index in [0.717, 1.165) is 5.56 Å². The molecule has 1 heterocycles. The molecule has 2 rings (SSSR count). The number of aliphatic carboxylic acids is 1. The van der Waals surface area contributed by atoms with Gasteiger partial charge in [-0.05, 0) is 6.92 Å². The number of carbonyl (C=O) groups is 1. The molecule has 4 heteroatoms. The van der Waals surface area contributed by atoms with Gasteiger partial charge in [-0.25, -0.2) is 0 Å². The van der Waals surface area contributed by atoms with Crippen LogP contribution in [0.3, 0.4) is 0 Å². The van der Waals surface area contributed by atoms with Crippen molar-refractivity contribution < 1.29 is 14.7 Å². The van der Waals surface area contributed by atoms with Crippen LogP contribution in [0.15, 0.2) is 35.5 Å². The molecular weight excluding hydrogens is 194 g/mol. The van der Waals surface area contributed by atoms with Crippen LogP contribution in [0.5, 0.6) is 0 Å². The fraction of sp³-hybridized carbons (Fsp3) is 0.273. The summed E-state index contributed by atoms with van der Waals surface area (Å²) in [6.07, 6.45) is -0.405. The van der Waals surface area contributed by atoms with Crippen molar-refractivity contribution in [3.63, 3.8) is 0 Å². The zero-order chi connectivity index (χ0) is 10.8. The third-order valence-corrected chi connectivity index (χ3v) is 2.42. The van der Waals surface area contributed by atoms with E-state index < -0.39 is 18.0 Å². The molecule has 0 aromatic heterocycles. The summed E-state index contributed by atoms with van der Waals surface area (Å²) in [6, 6.07) is 9.23. The van der Waals surface area contributed by atoms with E-state index in [0.29, 0.717) is 5.71 Å². The van der Waals surface area contributed by atoms with Gasteiger partial charge >= 0.3 is 5.97 Å². The summed E-state index contributed by atoms with van der Waals surface area (Å²) in [4.78, 5) is 16.0. The Morgan fingerprint density at radius 2 is 2.07 bits per heavy atom. The minimum absolute atomic E-state index is 0.405. The van der Waals surface area contributed by atoms with Gasteiger partial charge in [-0.3, -0.25) is 4.79 Å². The number of oxime groups is 1. The first-order valence-corrected chi connectivity index (χ1v) is 4.72. The number of hydrogen-bond donors (Lipinski definition) is 1. The minimum Gasteiger partial charge on any atom is -0.481 e. The lowest BCUT2D eigenvalue weighted by molar-refractivity contribution is -0.141. The lowest BCUT2D eigenvalue weighted by Crippen LogP contribution is -2.29. The van der Waals surface area contributed by atoms with Gasteiger partial charge in [-0.15, -0.1) is 0 Å². The van der Waals surface area contributed by atoms with Crippen LogP contribution in [0.2, 0.25) is 0 Å². The SMILES string of the molecule is CC1ON=C(c2ccccc2)C1C(=O)O. The molecule has 15 heavy (non-hydrogen) atoms. The van der Waals surface area contributed by atoms with Gasteiger partial charge in [0.1, 0.15) is 17.7 Å². The van der Waals surface area contributed by atoms with Gasteiger partial charge in [-0.1, -0.05) is 35.5 Å². The van der Waals surface area contributed by atoms with Gasteiger partial charge in [0.2, 0.25) is 0 Å². The second-order valence-electron chi connectivity index (χ2n) is 3.47. The summed E-state index contributed by atoms with van der Waals surface area (Å²) in [5, 5.41) is 12.9. The third-order valence-electron chi connectivity index (χ3n) is 2.42. The Balaban J connectivity index is 2.34. The van der Waals surface area contributed by atoms with Crippen molar-refractivity contribution in [3.8, 4) is 0 Å². The van der Waals surface area contributed by atoms with Crippen molar-refractivity contribution in [3.05, 3.63) is 35.9 Å². The Morgan fingerprint density at radius 3 is 2.67 bits per heavy atom. The molecule has 1 aliphatic rings. The highest BCUT2D eigenvalue weighted by Gasteiger charge is 2.37. The first-order chi connectivity index (χ1) is 7.20. The summed E-state index contributed by atoms with van der Waals surface area (Å²) in [5.74, 6) is -1.57. The fourth-order valence-corrected chi connectivity index (χ4v) is 1.64. The second-order valence-corrected chi connectivity index (χ2v) is 3.47. The number of nitrogens with zero attached hydrogens (tertiary/aromatic N) is 1. The van der Waals surface area contributed by atoms with Gasteiger partial charge in [0.05, 0.1) is 0 Å². The zero-order valence-electron chi connectivity index (χ0n) is 8.25. The van der Waals surface area contributed by atoms with Gasteiger partial charge < -0.3 is 9.94 Å². The molecule has 0 amide bonds. The lowest BCUT2D eigenvalue weighted by atomic mass is 9.93. The van der Waals surface area contributed by atoms with Crippen molar-refractivity contribution in [1.82, 2.24) is 0 Å². The molecule has 0 bridgehead atoms. The molecule has 1 aliphatic heterocycles.